The molecule has 1 aliphatic heterocycles. The van der Waals surface area contributed by atoms with Gasteiger partial charge in [-0.15, -0.1) is 0 Å². The van der Waals surface area contributed by atoms with Crippen LogP contribution >= 0.6 is 0 Å². The number of aryl methyl sites for hydroxylation is 2. The van der Waals surface area contributed by atoms with Crippen LogP contribution in [0.15, 0.2) is 0 Å². The van der Waals surface area contributed by atoms with Crippen LogP contribution in [0.25, 0.3) is 0 Å². The van der Waals surface area contributed by atoms with Crippen LogP contribution in [0.2, 0.25) is 0 Å². The first kappa shape index (κ1) is 13.6. The highest BCUT2D eigenvalue weighted by Crippen LogP contribution is 2.29. The van der Waals surface area contributed by atoms with Crippen molar-refractivity contribution in [1.29, 1.82) is 0 Å². The molecule has 4 nitrogen and oxygen atoms in total. The van der Waals surface area contributed by atoms with Crippen LogP contribution in [-0.2, 0) is 6.54 Å². The molecule has 2 rings (SSSR count). The lowest BCUT2D eigenvalue weighted by molar-refractivity contribution is 0.255. The van der Waals surface area contributed by atoms with Gasteiger partial charge in [-0.2, -0.15) is 5.10 Å². The van der Waals surface area contributed by atoms with Crippen LogP contribution < -0.4 is 5.32 Å². The fraction of sp³-hybridized carbons (Fsp3) is 0.786. The second-order valence-corrected chi connectivity index (χ2v) is 5.35. The topological polar surface area (TPSA) is 33.1 Å². The van der Waals surface area contributed by atoms with Gasteiger partial charge < -0.3 is 5.32 Å². The predicted molar refractivity (Wildman–Crippen MR) is 74.8 cm³/mol. The zero-order chi connectivity index (χ0) is 13.3. The van der Waals surface area contributed by atoms with Crippen molar-refractivity contribution in [2.45, 2.75) is 52.7 Å². The Balaban J connectivity index is 2.19. The maximum absolute atomic E-state index is 4.63. The summed E-state index contributed by atoms with van der Waals surface area (Å²) in [5.74, 6) is 0. The van der Waals surface area contributed by atoms with Crippen molar-refractivity contribution in [2.75, 3.05) is 20.1 Å². The molecule has 1 aromatic rings. The molecule has 0 aliphatic carbocycles. The Kier molecular flexibility index (Phi) is 4.07. The average molecular weight is 250 g/mol. The van der Waals surface area contributed by atoms with Gasteiger partial charge in [-0.3, -0.25) is 9.58 Å². The highest BCUT2D eigenvalue weighted by molar-refractivity contribution is 5.28. The van der Waals surface area contributed by atoms with E-state index in [1.807, 2.05) is 0 Å². The van der Waals surface area contributed by atoms with Crippen LogP contribution in [0.4, 0.5) is 0 Å². The van der Waals surface area contributed by atoms with Crippen molar-refractivity contribution in [3.05, 3.63) is 17.0 Å². The van der Waals surface area contributed by atoms with E-state index in [9.17, 15) is 0 Å². The first-order valence-corrected chi connectivity index (χ1v) is 7.03. The molecule has 1 aliphatic rings. The van der Waals surface area contributed by atoms with E-state index in [2.05, 4.69) is 54.7 Å². The van der Waals surface area contributed by atoms with Gasteiger partial charge in [-0.1, -0.05) is 0 Å². The Labute approximate surface area is 110 Å². The maximum Gasteiger partial charge on any atom is 0.0644 e. The van der Waals surface area contributed by atoms with Crippen molar-refractivity contribution in [1.82, 2.24) is 20.0 Å². The molecule has 1 fully saturated rings. The Morgan fingerprint density at radius 1 is 1.44 bits per heavy atom. The summed E-state index contributed by atoms with van der Waals surface area (Å²) in [7, 11) is 2.06. The molecule has 1 N–H and O–H groups in total. The van der Waals surface area contributed by atoms with Gasteiger partial charge in [0.05, 0.1) is 5.69 Å². The molecule has 2 heterocycles. The van der Waals surface area contributed by atoms with Crippen molar-refractivity contribution >= 4 is 0 Å². The largest absolute Gasteiger partial charge is 0.316 e. The highest BCUT2D eigenvalue weighted by atomic mass is 15.3. The van der Waals surface area contributed by atoms with E-state index in [1.165, 1.54) is 29.9 Å². The lowest BCUT2D eigenvalue weighted by Crippen LogP contribution is -2.31. The molecule has 0 bridgehead atoms. The molecule has 0 aromatic carbocycles. The number of rotatable bonds is 4. The Hall–Kier alpha value is -0.870. The Morgan fingerprint density at radius 2 is 2.17 bits per heavy atom. The second kappa shape index (κ2) is 5.41. The van der Waals surface area contributed by atoms with E-state index < -0.39 is 0 Å². The zero-order valence-corrected chi connectivity index (χ0v) is 12.3. The van der Waals surface area contributed by atoms with Gasteiger partial charge in [0.1, 0.15) is 0 Å². The Morgan fingerprint density at radius 3 is 2.67 bits per heavy atom. The molecule has 4 heteroatoms. The van der Waals surface area contributed by atoms with Gasteiger partial charge in [-0.25, -0.2) is 0 Å². The fourth-order valence-electron chi connectivity index (χ4n) is 3.18. The monoisotopic (exact) mass is 250 g/mol. The molecule has 102 valence electrons. The number of aromatic nitrogens is 2. The van der Waals surface area contributed by atoms with E-state index in [0.717, 1.165) is 13.1 Å². The first-order chi connectivity index (χ1) is 8.58. The summed E-state index contributed by atoms with van der Waals surface area (Å²) in [5, 5.41) is 8.02. The summed E-state index contributed by atoms with van der Waals surface area (Å²) < 4.78 is 2.12. The molecule has 1 saturated heterocycles. The quantitative estimate of drug-likeness (QED) is 0.885. The minimum absolute atomic E-state index is 0.476. The van der Waals surface area contributed by atoms with Crippen LogP contribution in [0.3, 0.4) is 0 Å². The van der Waals surface area contributed by atoms with Crippen molar-refractivity contribution < 1.29 is 0 Å². The lowest BCUT2D eigenvalue weighted by Gasteiger charge is -2.25. The zero-order valence-electron chi connectivity index (χ0n) is 12.3. The van der Waals surface area contributed by atoms with Gasteiger partial charge in [0, 0.05) is 43.0 Å². The van der Waals surface area contributed by atoms with Crippen LogP contribution in [0, 0.1) is 13.8 Å². The minimum atomic E-state index is 0.476. The van der Waals surface area contributed by atoms with Gasteiger partial charge >= 0.3 is 0 Å². The number of hydrogen-bond acceptors (Lipinski definition) is 3. The number of nitrogens with one attached hydrogen (secondary N) is 1. The normalized spacial score (nSPS) is 22.6. The highest BCUT2D eigenvalue weighted by Gasteiger charge is 2.28. The maximum atomic E-state index is 4.63. The Bertz CT molecular complexity index is 410. The van der Waals surface area contributed by atoms with Crippen molar-refractivity contribution in [3.63, 3.8) is 0 Å². The summed E-state index contributed by atoms with van der Waals surface area (Å²) >= 11 is 0. The van der Waals surface area contributed by atoms with Gasteiger partial charge in [0.2, 0.25) is 0 Å². The number of nitrogens with zero attached hydrogens (tertiary/aromatic N) is 3. The molecule has 0 spiro atoms. The molecule has 18 heavy (non-hydrogen) atoms. The molecule has 2 atom stereocenters. The summed E-state index contributed by atoms with van der Waals surface area (Å²) in [6.45, 7) is 12.1. The van der Waals surface area contributed by atoms with Crippen LogP contribution in [0.1, 0.15) is 43.3 Å². The molecule has 2 unspecified atom stereocenters. The minimum Gasteiger partial charge on any atom is -0.316 e. The van der Waals surface area contributed by atoms with E-state index in [1.54, 1.807) is 0 Å². The van der Waals surface area contributed by atoms with E-state index in [4.69, 9.17) is 0 Å². The van der Waals surface area contributed by atoms with Crippen LogP contribution in [-0.4, -0.2) is 40.9 Å². The standard InChI is InChI=1S/C14H26N4/c1-6-18-12(4)14(10(2)16-18)11(3)17-8-7-13(9-17)15-5/h11,13,15H,6-9H2,1-5H3. The summed E-state index contributed by atoms with van der Waals surface area (Å²) in [6.07, 6.45) is 1.25. The third-order valence-corrected chi connectivity index (χ3v) is 4.33. The van der Waals surface area contributed by atoms with Crippen molar-refractivity contribution in [3.8, 4) is 0 Å². The van der Waals surface area contributed by atoms with Gasteiger partial charge in [0.15, 0.2) is 0 Å². The number of likely N-dealkylation sites (tertiary alicyclic amines) is 1. The lowest BCUT2D eigenvalue weighted by atomic mass is 10.1. The van der Waals surface area contributed by atoms with Gasteiger partial charge in [0.25, 0.3) is 0 Å². The molecule has 0 saturated carbocycles. The second-order valence-electron chi connectivity index (χ2n) is 5.35. The summed E-state index contributed by atoms with van der Waals surface area (Å²) in [5.41, 5.74) is 3.94. The smallest absolute Gasteiger partial charge is 0.0644 e. The third-order valence-electron chi connectivity index (χ3n) is 4.33. The van der Waals surface area contributed by atoms with E-state index in [0.29, 0.717) is 12.1 Å². The van der Waals surface area contributed by atoms with Crippen molar-refractivity contribution in [2.24, 2.45) is 0 Å². The van der Waals surface area contributed by atoms with Crippen LogP contribution in [0.5, 0.6) is 0 Å². The molecule has 1 aromatic heterocycles. The molecular formula is C14H26N4. The molecular weight excluding hydrogens is 224 g/mol. The fourth-order valence-corrected chi connectivity index (χ4v) is 3.18. The average Bonchev–Trinajstić information content (AvgIpc) is 2.93. The summed E-state index contributed by atoms with van der Waals surface area (Å²) in [6, 6.07) is 1.12. The molecule has 0 radical (unpaired) electrons. The summed E-state index contributed by atoms with van der Waals surface area (Å²) in [4.78, 5) is 2.57. The predicted octanol–water partition coefficient (Wildman–Crippen LogP) is 1.87. The number of likely N-dealkylation sites (N-methyl/N-ethyl adjacent to an activating group) is 1. The first-order valence-electron chi connectivity index (χ1n) is 7.03. The SMILES string of the molecule is CCn1nc(C)c(C(C)N2CCC(NC)C2)c1C. The van der Waals surface area contributed by atoms with E-state index in [-0.39, 0.29) is 0 Å². The van der Waals surface area contributed by atoms with Gasteiger partial charge in [-0.05, 0) is 41.2 Å². The third kappa shape index (κ3) is 2.31. The van der Waals surface area contributed by atoms with E-state index >= 15 is 0 Å². The molecule has 0 amide bonds. The number of hydrogen-bond donors (Lipinski definition) is 1.